The number of para-hydroxylation sites is 2. The van der Waals surface area contributed by atoms with Crippen LogP contribution in [0.15, 0.2) is 48.5 Å². The number of rotatable bonds is 3. The molecule has 0 amide bonds. The normalized spacial score (nSPS) is 9.74. The number of hydrogen-bond acceptors (Lipinski definition) is 3. The fraction of sp³-hybridized carbons (Fsp3) is 0.125. The van der Waals surface area contributed by atoms with E-state index in [4.69, 9.17) is 5.26 Å². The molecule has 0 heterocycles. The molecule has 3 nitrogen and oxygen atoms in total. The van der Waals surface area contributed by atoms with Crippen LogP contribution in [0.3, 0.4) is 0 Å². The van der Waals surface area contributed by atoms with Crippen molar-refractivity contribution in [1.82, 2.24) is 0 Å². The first-order chi connectivity index (χ1) is 9.15. The van der Waals surface area contributed by atoms with Gasteiger partial charge in [0.15, 0.2) is 5.78 Å². The van der Waals surface area contributed by atoms with Gasteiger partial charge in [0.25, 0.3) is 0 Å². The highest BCUT2D eigenvalue weighted by Gasteiger charge is 2.14. The van der Waals surface area contributed by atoms with Crippen molar-refractivity contribution < 1.29 is 4.79 Å². The third-order valence-electron chi connectivity index (χ3n) is 3.03. The molecule has 0 fully saturated rings. The van der Waals surface area contributed by atoms with Crippen LogP contribution in [0, 0.1) is 11.3 Å². The van der Waals surface area contributed by atoms with Gasteiger partial charge >= 0.3 is 0 Å². The maximum atomic E-state index is 11.7. The molecular formula is C16H14N2O. The van der Waals surface area contributed by atoms with Gasteiger partial charge in [-0.2, -0.15) is 5.26 Å². The lowest BCUT2D eigenvalue weighted by Crippen LogP contribution is -2.14. The van der Waals surface area contributed by atoms with Gasteiger partial charge in [0.1, 0.15) is 6.07 Å². The summed E-state index contributed by atoms with van der Waals surface area (Å²) < 4.78 is 0. The predicted molar refractivity (Wildman–Crippen MR) is 75.7 cm³/mol. The van der Waals surface area contributed by atoms with Crippen LogP contribution in [0.1, 0.15) is 22.8 Å². The van der Waals surface area contributed by atoms with E-state index < -0.39 is 0 Å². The van der Waals surface area contributed by atoms with Crippen molar-refractivity contribution in [1.29, 1.82) is 5.26 Å². The van der Waals surface area contributed by atoms with Crippen LogP contribution in [0.25, 0.3) is 0 Å². The summed E-state index contributed by atoms with van der Waals surface area (Å²) in [5, 5.41) is 9.15. The van der Waals surface area contributed by atoms with Gasteiger partial charge in [0.2, 0.25) is 0 Å². The van der Waals surface area contributed by atoms with Gasteiger partial charge in [-0.1, -0.05) is 24.3 Å². The van der Waals surface area contributed by atoms with Gasteiger partial charge in [-0.3, -0.25) is 4.79 Å². The highest BCUT2D eigenvalue weighted by atomic mass is 16.1. The Hall–Kier alpha value is -2.60. The molecule has 0 unspecified atom stereocenters. The fourth-order valence-electron chi connectivity index (χ4n) is 2.05. The Labute approximate surface area is 112 Å². The summed E-state index contributed by atoms with van der Waals surface area (Å²) in [6, 6.07) is 16.9. The van der Waals surface area contributed by atoms with Gasteiger partial charge in [-0.25, -0.2) is 0 Å². The summed E-state index contributed by atoms with van der Waals surface area (Å²) in [5.74, 6) is 0.0110. The van der Waals surface area contributed by atoms with Gasteiger partial charge in [-0.15, -0.1) is 0 Å². The Morgan fingerprint density at radius 3 is 2.26 bits per heavy atom. The van der Waals surface area contributed by atoms with Gasteiger partial charge in [-0.05, 0) is 31.2 Å². The first kappa shape index (κ1) is 12.8. The standard InChI is InChI=1S/C16H14N2O/c1-12(19)14-8-4-6-10-16(14)18(2)15-9-5-3-7-13(15)11-17/h3-10H,1-2H3. The van der Waals surface area contributed by atoms with Crippen LogP contribution in [0.5, 0.6) is 0 Å². The zero-order valence-corrected chi connectivity index (χ0v) is 10.9. The molecule has 0 aliphatic heterocycles. The van der Waals surface area contributed by atoms with Gasteiger partial charge in [0, 0.05) is 12.6 Å². The molecule has 2 aromatic rings. The average Bonchev–Trinajstić information content (AvgIpc) is 2.46. The minimum atomic E-state index is 0.0110. The number of ketones is 1. The van der Waals surface area contributed by atoms with E-state index in [1.165, 1.54) is 0 Å². The van der Waals surface area contributed by atoms with E-state index in [0.717, 1.165) is 11.4 Å². The van der Waals surface area contributed by atoms with Gasteiger partial charge < -0.3 is 4.90 Å². The Balaban J connectivity index is 2.54. The van der Waals surface area contributed by atoms with E-state index in [1.807, 2.05) is 48.3 Å². The summed E-state index contributed by atoms with van der Waals surface area (Å²) in [7, 11) is 1.86. The zero-order chi connectivity index (χ0) is 13.8. The third-order valence-corrected chi connectivity index (χ3v) is 3.03. The molecule has 0 radical (unpaired) electrons. The molecule has 94 valence electrons. The first-order valence-electron chi connectivity index (χ1n) is 5.98. The molecule has 0 aliphatic carbocycles. The lowest BCUT2D eigenvalue weighted by molar-refractivity contribution is 0.101. The second kappa shape index (κ2) is 5.36. The van der Waals surface area contributed by atoms with Crippen LogP contribution in [-0.4, -0.2) is 12.8 Å². The SMILES string of the molecule is CC(=O)c1ccccc1N(C)c1ccccc1C#N. The number of nitriles is 1. The number of carbonyl (C=O) groups is 1. The second-order valence-electron chi connectivity index (χ2n) is 4.26. The molecule has 0 saturated carbocycles. The largest absolute Gasteiger partial charge is 0.343 e. The summed E-state index contributed by atoms with van der Waals surface area (Å²) in [6.45, 7) is 1.54. The van der Waals surface area contributed by atoms with Crippen LogP contribution >= 0.6 is 0 Å². The number of carbonyl (C=O) groups excluding carboxylic acids is 1. The molecule has 2 rings (SSSR count). The van der Waals surface area contributed by atoms with Crippen LogP contribution < -0.4 is 4.90 Å². The average molecular weight is 250 g/mol. The summed E-state index contributed by atoms with van der Waals surface area (Å²) >= 11 is 0. The number of nitrogens with zero attached hydrogens (tertiary/aromatic N) is 2. The summed E-state index contributed by atoms with van der Waals surface area (Å²) in [4.78, 5) is 13.5. The van der Waals surface area contributed by atoms with Crippen LogP contribution in [-0.2, 0) is 0 Å². The molecule has 2 aromatic carbocycles. The first-order valence-corrected chi connectivity index (χ1v) is 5.98. The maximum Gasteiger partial charge on any atom is 0.161 e. The van der Waals surface area contributed by atoms with Crippen molar-refractivity contribution in [2.75, 3.05) is 11.9 Å². The highest BCUT2D eigenvalue weighted by Crippen LogP contribution is 2.29. The Kier molecular flexibility index (Phi) is 3.63. The van der Waals surface area contributed by atoms with Gasteiger partial charge in [0.05, 0.1) is 16.9 Å². The topological polar surface area (TPSA) is 44.1 Å². The number of benzene rings is 2. The Morgan fingerprint density at radius 1 is 1.05 bits per heavy atom. The van der Waals surface area contributed by atoms with E-state index >= 15 is 0 Å². The molecule has 0 aliphatic rings. The van der Waals surface area contributed by atoms with E-state index in [2.05, 4.69) is 6.07 Å². The van der Waals surface area contributed by atoms with E-state index in [0.29, 0.717) is 11.1 Å². The quantitative estimate of drug-likeness (QED) is 0.783. The highest BCUT2D eigenvalue weighted by molar-refractivity contribution is 6.00. The smallest absolute Gasteiger partial charge is 0.161 e. The van der Waals surface area contributed by atoms with Crippen molar-refractivity contribution >= 4 is 17.2 Å². The fourth-order valence-corrected chi connectivity index (χ4v) is 2.05. The molecule has 3 heteroatoms. The van der Waals surface area contributed by atoms with E-state index in [1.54, 1.807) is 19.1 Å². The van der Waals surface area contributed by atoms with Crippen LogP contribution in [0.2, 0.25) is 0 Å². The van der Waals surface area contributed by atoms with Crippen molar-refractivity contribution in [3.8, 4) is 6.07 Å². The summed E-state index contributed by atoms with van der Waals surface area (Å²) in [5.41, 5.74) is 2.83. The van der Waals surface area contributed by atoms with Crippen molar-refractivity contribution in [2.45, 2.75) is 6.92 Å². The minimum absolute atomic E-state index is 0.0110. The monoisotopic (exact) mass is 250 g/mol. The van der Waals surface area contributed by atoms with Crippen molar-refractivity contribution in [3.63, 3.8) is 0 Å². The minimum Gasteiger partial charge on any atom is -0.343 e. The molecule has 0 spiro atoms. The van der Waals surface area contributed by atoms with Crippen LogP contribution in [0.4, 0.5) is 11.4 Å². The Bertz CT molecular complexity index is 656. The maximum absolute atomic E-state index is 11.7. The Morgan fingerprint density at radius 2 is 1.63 bits per heavy atom. The third kappa shape index (κ3) is 2.48. The second-order valence-corrected chi connectivity index (χ2v) is 4.26. The molecule has 0 saturated heterocycles. The molecule has 0 N–H and O–H groups in total. The molecule has 0 atom stereocenters. The summed E-state index contributed by atoms with van der Waals surface area (Å²) in [6.07, 6.45) is 0. The number of anilines is 2. The van der Waals surface area contributed by atoms with E-state index in [9.17, 15) is 4.79 Å². The predicted octanol–water partition coefficient (Wildman–Crippen LogP) is 3.53. The molecular weight excluding hydrogens is 236 g/mol. The molecule has 0 aromatic heterocycles. The lowest BCUT2D eigenvalue weighted by atomic mass is 10.1. The lowest BCUT2D eigenvalue weighted by Gasteiger charge is -2.22. The number of hydrogen-bond donors (Lipinski definition) is 0. The number of Topliss-reactive ketones (excluding diaryl/α,β-unsaturated/α-hetero) is 1. The van der Waals surface area contributed by atoms with Crippen molar-refractivity contribution in [2.24, 2.45) is 0 Å². The van der Waals surface area contributed by atoms with Crippen molar-refractivity contribution in [3.05, 3.63) is 59.7 Å². The molecule has 19 heavy (non-hydrogen) atoms. The van der Waals surface area contributed by atoms with E-state index in [-0.39, 0.29) is 5.78 Å². The molecule has 0 bridgehead atoms. The zero-order valence-electron chi connectivity index (χ0n) is 10.9.